The van der Waals surface area contributed by atoms with Crippen LogP contribution < -0.4 is 4.74 Å². The topological polar surface area (TPSA) is 47.9 Å². The van der Waals surface area contributed by atoms with Gasteiger partial charge in [-0.1, -0.05) is 12.0 Å². The van der Waals surface area contributed by atoms with E-state index in [0.29, 0.717) is 13.2 Å². The summed E-state index contributed by atoms with van der Waals surface area (Å²) in [5.74, 6) is 5.83. The summed E-state index contributed by atoms with van der Waals surface area (Å²) < 4.78 is 16.6. The SMILES string of the molecule is C#CC(O)c1ccc(OCOCCOC)c(C23CC4CC(CC(C4)C2)C3)c1. The Morgan fingerprint density at radius 3 is 2.41 bits per heavy atom. The minimum absolute atomic E-state index is 0.168. The van der Waals surface area contributed by atoms with Crippen LogP contribution in [0, 0.1) is 30.1 Å². The molecule has 1 unspecified atom stereocenters. The average Bonchev–Trinajstić information content (AvgIpc) is 2.66. The molecule has 0 saturated heterocycles. The third-order valence-electron chi connectivity index (χ3n) is 6.82. The van der Waals surface area contributed by atoms with E-state index in [4.69, 9.17) is 20.6 Å². The predicted octanol–water partition coefficient (Wildman–Crippen LogP) is 3.82. The molecule has 0 amide bonds. The van der Waals surface area contributed by atoms with Gasteiger partial charge in [-0.05, 0) is 79.4 Å². The molecule has 27 heavy (non-hydrogen) atoms. The Morgan fingerprint density at radius 2 is 1.81 bits per heavy atom. The second-order valence-electron chi connectivity index (χ2n) is 8.69. The molecule has 1 atom stereocenters. The molecular formula is C23H30O4. The van der Waals surface area contributed by atoms with Crippen LogP contribution in [-0.4, -0.2) is 32.2 Å². The minimum Gasteiger partial charge on any atom is -0.467 e. The molecule has 5 rings (SSSR count). The van der Waals surface area contributed by atoms with Crippen molar-refractivity contribution >= 4 is 0 Å². The lowest BCUT2D eigenvalue weighted by Crippen LogP contribution is -2.48. The zero-order valence-electron chi connectivity index (χ0n) is 16.2. The fourth-order valence-corrected chi connectivity index (χ4v) is 6.10. The molecule has 0 spiro atoms. The Kier molecular flexibility index (Phi) is 5.45. The van der Waals surface area contributed by atoms with Gasteiger partial charge in [0.25, 0.3) is 0 Å². The smallest absolute Gasteiger partial charge is 0.189 e. The molecule has 0 aromatic heterocycles. The van der Waals surface area contributed by atoms with Gasteiger partial charge in [0.05, 0.1) is 13.2 Å². The van der Waals surface area contributed by atoms with Gasteiger partial charge in [0.2, 0.25) is 0 Å². The van der Waals surface area contributed by atoms with Crippen LogP contribution in [0.3, 0.4) is 0 Å². The molecule has 0 aliphatic heterocycles. The molecule has 1 aromatic rings. The van der Waals surface area contributed by atoms with Crippen molar-refractivity contribution in [2.24, 2.45) is 17.8 Å². The summed E-state index contributed by atoms with van der Waals surface area (Å²) in [5.41, 5.74) is 2.18. The molecule has 0 heterocycles. The number of benzene rings is 1. The highest BCUT2D eigenvalue weighted by Gasteiger charge is 2.52. The molecule has 4 bridgehead atoms. The number of hydrogen-bond donors (Lipinski definition) is 1. The Balaban J connectivity index is 1.61. The van der Waals surface area contributed by atoms with E-state index < -0.39 is 6.10 Å². The van der Waals surface area contributed by atoms with E-state index in [9.17, 15) is 5.11 Å². The van der Waals surface area contributed by atoms with Crippen molar-refractivity contribution in [3.8, 4) is 18.1 Å². The lowest BCUT2D eigenvalue weighted by molar-refractivity contribution is -0.0190. The third-order valence-corrected chi connectivity index (χ3v) is 6.82. The minimum atomic E-state index is -0.871. The number of ether oxygens (including phenoxy) is 3. The molecule has 4 aliphatic rings. The van der Waals surface area contributed by atoms with E-state index in [-0.39, 0.29) is 12.2 Å². The first-order chi connectivity index (χ1) is 13.1. The second kappa shape index (κ2) is 7.83. The van der Waals surface area contributed by atoms with E-state index in [2.05, 4.69) is 12.0 Å². The maximum absolute atomic E-state index is 10.2. The van der Waals surface area contributed by atoms with Crippen LogP contribution in [-0.2, 0) is 14.9 Å². The van der Waals surface area contributed by atoms with Crippen molar-refractivity contribution in [2.45, 2.75) is 50.0 Å². The number of methoxy groups -OCH3 is 1. The molecule has 4 heteroatoms. The van der Waals surface area contributed by atoms with Crippen molar-refractivity contribution in [1.29, 1.82) is 0 Å². The maximum atomic E-state index is 10.2. The highest BCUT2D eigenvalue weighted by atomic mass is 16.7. The van der Waals surface area contributed by atoms with Crippen molar-refractivity contribution in [3.05, 3.63) is 29.3 Å². The lowest BCUT2D eigenvalue weighted by Gasteiger charge is -2.57. The van der Waals surface area contributed by atoms with Crippen molar-refractivity contribution in [1.82, 2.24) is 0 Å². The van der Waals surface area contributed by atoms with Crippen LogP contribution in [0.1, 0.15) is 55.8 Å². The summed E-state index contributed by atoms with van der Waals surface area (Å²) in [6.07, 6.45) is 12.5. The monoisotopic (exact) mass is 370 g/mol. The molecule has 0 radical (unpaired) electrons. The number of aliphatic hydroxyl groups excluding tert-OH is 1. The highest BCUT2D eigenvalue weighted by molar-refractivity contribution is 5.45. The van der Waals surface area contributed by atoms with Gasteiger partial charge in [0, 0.05) is 12.7 Å². The fourth-order valence-electron chi connectivity index (χ4n) is 6.10. The van der Waals surface area contributed by atoms with Crippen LogP contribution in [0.4, 0.5) is 0 Å². The standard InChI is InChI=1S/C23H30O4/c1-3-21(24)19-4-5-22(27-15-26-7-6-25-2)20(11-19)23-12-16-8-17(13-23)10-18(9-16)14-23/h1,4-5,11,16-18,21,24H,6-10,12-15H2,2H3. The maximum Gasteiger partial charge on any atom is 0.189 e. The molecule has 1 aromatic carbocycles. The Morgan fingerprint density at radius 1 is 1.15 bits per heavy atom. The van der Waals surface area contributed by atoms with Crippen molar-refractivity contribution in [2.75, 3.05) is 27.1 Å². The molecule has 4 fully saturated rings. The van der Waals surface area contributed by atoms with Crippen LogP contribution in [0.25, 0.3) is 0 Å². The first-order valence-corrected chi connectivity index (χ1v) is 10.1. The molecule has 1 N–H and O–H groups in total. The molecule has 4 saturated carbocycles. The normalized spacial score (nSPS) is 32.3. The fraction of sp³-hybridized carbons (Fsp3) is 0.652. The summed E-state index contributed by atoms with van der Waals surface area (Å²) in [5, 5.41) is 10.2. The van der Waals surface area contributed by atoms with Gasteiger partial charge in [-0.3, -0.25) is 0 Å². The van der Waals surface area contributed by atoms with Crippen LogP contribution in [0.2, 0.25) is 0 Å². The second-order valence-corrected chi connectivity index (χ2v) is 8.69. The predicted molar refractivity (Wildman–Crippen MR) is 103 cm³/mol. The van der Waals surface area contributed by atoms with Crippen LogP contribution in [0.5, 0.6) is 5.75 Å². The van der Waals surface area contributed by atoms with Gasteiger partial charge < -0.3 is 19.3 Å². The summed E-state index contributed by atoms with van der Waals surface area (Å²) in [4.78, 5) is 0. The van der Waals surface area contributed by atoms with Crippen LogP contribution >= 0.6 is 0 Å². The first kappa shape index (κ1) is 18.8. The van der Waals surface area contributed by atoms with E-state index in [1.54, 1.807) is 7.11 Å². The van der Waals surface area contributed by atoms with Crippen molar-refractivity contribution in [3.63, 3.8) is 0 Å². The zero-order chi connectivity index (χ0) is 18.9. The summed E-state index contributed by atoms with van der Waals surface area (Å²) in [6.45, 7) is 1.27. The number of aliphatic hydroxyl groups is 1. The quantitative estimate of drug-likeness (QED) is 0.429. The van der Waals surface area contributed by atoms with Gasteiger partial charge in [0.15, 0.2) is 6.79 Å². The number of terminal acetylenes is 1. The molecule has 4 aliphatic carbocycles. The Labute approximate surface area is 162 Å². The number of hydrogen-bond acceptors (Lipinski definition) is 4. The largest absolute Gasteiger partial charge is 0.467 e. The van der Waals surface area contributed by atoms with E-state index >= 15 is 0 Å². The van der Waals surface area contributed by atoms with E-state index in [1.807, 2.05) is 12.1 Å². The van der Waals surface area contributed by atoms with Gasteiger partial charge in [-0.2, -0.15) is 0 Å². The highest BCUT2D eigenvalue weighted by Crippen LogP contribution is 2.62. The Hall–Kier alpha value is -1.54. The number of rotatable bonds is 8. The van der Waals surface area contributed by atoms with Crippen LogP contribution in [0.15, 0.2) is 18.2 Å². The lowest BCUT2D eigenvalue weighted by atomic mass is 9.48. The summed E-state index contributed by atoms with van der Waals surface area (Å²) >= 11 is 0. The van der Waals surface area contributed by atoms with Gasteiger partial charge in [0.1, 0.15) is 11.9 Å². The van der Waals surface area contributed by atoms with Crippen molar-refractivity contribution < 1.29 is 19.3 Å². The van der Waals surface area contributed by atoms with Gasteiger partial charge in [-0.15, -0.1) is 6.42 Å². The summed E-state index contributed by atoms with van der Waals surface area (Å²) in [6, 6.07) is 5.94. The Bertz CT molecular complexity index is 670. The molecule has 4 nitrogen and oxygen atoms in total. The van der Waals surface area contributed by atoms with E-state index in [0.717, 1.165) is 29.1 Å². The first-order valence-electron chi connectivity index (χ1n) is 10.1. The molecular weight excluding hydrogens is 340 g/mol. The zero-order valence-corrected chi connectivity index (χ0v) is 16.2. The van der Waals surface area contributed by atoms with Gasteiger partial charge in [-0.25, -0.2) is 0 Å². The summed E-state index contributed by atoms with van der Waals surface area (Å²) in [7, 11) is 1.66. The van der Waals surface area contributed by atoms with Gasteiger partial charge >= 0.3 is 0 Å². The average molecular weight is 370 g/mol. The third kappa shape index (κ3) is 3.74. The van der Waals surface area contributed by atoms with E-state index in [1.165, 1.54) is 44.1 Å². The molecule has 146 valence electrons.